The number of nitrogens with zero attached hydrogens (tertiary/aromatic N) is 2. The average Bonchev–Trinajstić information content (AvgIpc) is 2.47. The topological polar surface area (TPSA) is 47.0 Å². The van der Waals surface area contributed by atoms with E-state index in [9.17, 15) is 0 Å². The van der Waals surface area contributed by atoms with Crippen LogP contribution in [0.3, 0.4) is 0 Å². The Hall–Kier alpha value is -1.62. The number of hydrogen-bond donors (Lipinski definition) is 1. The van der Waals surface area contributed by atoms with Crippen molar-refractivity contribution >= 4 is 21.7 Å². The molecule has 0 fully saturated rings. The molecule has 0 saturated carbocycles. The first-order valence-electron chi connectivity index (χ1n) is 6.49. The van der Waals surface area contributed by atoms with Crippen LogP contribution in [-0.4, -0.2) is 24.1 Å². The van der Waals surface area contributed by atoms with Gasteiger partial charge in [0, 0.05) is 22.8 Å². The molecule has 0 spiro atoms. The molecule has 0 unspecified atom stereocenters. The van der Waals surface area contributed by atoms with E-state index >= 15 is 0 Å². The lowest BCUT2D eigenvalue weighted by atomic mass is 10.1. The summed E-state index contributed by atoms with van der Waals surface area (Å²) >= 11 is 3.48. The molecule has 0 bridgehead atoms. The number of hydrogen-bond acceptors (Lipinski definition) is 4. The lowest BCUT2D eigenvalue weighted by Gasteiger charge is -2.13. The number of anilines is 1. The number of aryl methyl sites for hydroxylation is 1. The Morgan fingerprint density at radius 2 is 2.05 bits per heavy atom. The van der Waals surface area contributed by atoms with E-state index in [0.717, 1.165) is 39.3 Å². The fourth-order valence-electron chi connectivity index (χ4n) is 2.13. The predicted octanol–water partition coefficient (Wildman–Crippen LogP) is 3.83. The number of methoxy groups -OCH3 is 1. The second-order valence-electron chi connectivity index (χ2n) is 4.42. The zero-order chi connectivity index (χ0) is 14.7. The number of rotatable bonds is 4. The second-order valence-corrected chi connectivity index (χ2v) is 5.33. The van der Waals surface area contributed by atoms with Crippen molar-refractivity contribution in [1.82, 2.24) is 9.97 Å². The molecule has 2 aromatic rings. The lowest BCUT2D eigenvalue weighted by Crippen LogP contribution is -2.05. The zero-order valence-corrected chi connectivity index (χ0v) is 13.7. The van der Waals surface area contributed by atoms with E-state index in [4.69, 9.17) is 4.74 Å². The molecular formula is C15H18BrN3O. The van der Waals surface area contributed by atoms with Crippen LogP contribution in [0.5, 0.6) is 5.75 Å². The van der Waals surface area contributed by atoms with Gasteiger partial charge in [0.15, 0.2) is 5.82 Å². The van der Waals surface area contributed by atoms with Crippen molar-refractivity contribution in [2.24, 2.45) is 0 Å². The minimum Gasteiger partial charge on any atom is -0.496 e. The first-order valence-corrected chi connectivity index (χ1v) is 7.29. The Morgan fingerprint density at radius 1 is 1.30 bits per heavy atom. The molecule has 0 aliphatic rings. The Bertz CT molecular complexity index is 604. The summed E-state index contributed by atoms with van der Waals surface area (Å²) in [5, 5.41) is 3.13. The van der Waals surface area contributed by atoms with Crippen LogP contribution in [0.4, 0.5) is 5.82 Å². The third-order valence-electron chi connectivity index (χ3n) is 3.22. The Labute approximate surface area is 127 Å². The highest BCUT2D eigenvalue weighted by Gasteiger charge is 2.14. The van der Waals surface area contributed by atoms with Crippen LogP contribution >= 0.6 is 15.9 Å². The molecule has 0 atom stereocenters. The van der Waals surface area contributed by atoms with Crippen molar-refractivity contribution in [3.8, 4) is 17.1 Å². The molecule has 0 saturated heterocycles. The van der Waals surface area contributed by atoms with E-state index in [1.165, 1.54) is 0 Å². The monoisotopic (exact) mass is 335 g/mol. The highest BCUT2D eigenvalue weighted by Crippen LogP contribution is 2.32. The summed E-state index contributed by atoms with van der Waals surface area (Å²) in [7, 11) is 3.53. The fraction of sp³-hybridized carbons (Fsp3) is 0.333. The number of ether oxygens (including phenoxy) is 1. The highest BCUT2D eigenvalue weighted by atomic mass is 79.9. The minimum atomic E-state index is 0.676. The van der Waals surface area contributed by atoms with Crippen LogP contribution in [0.2, 0.25) is 0 Å². The van der Waals surface area contributed by atoms with Gasteiger partial charge >= 0.3 is 0 Å². The molecule has 2 rings (SSSR count). The third-order valence-corrected chi connectivity index (χ3v) is 3.71. The van der Waals surface area contributed by atoms with Crippen molar-refractivity contribution < 1.29 is 4.74 Å². The molecule has 1 N–H and O–H groups in total. The van der Waals surface area contributed by atoms with E-state index in [-0.39, 0.29) is 0 Å². The first-order chi connectivity index (χ1) is 9.60. The molecule has 1 heterocycles. The van der Waals surface area contributed by atoms with Crippen LogP contribution in [0.15, 0.2) is 22.7 Å². The zero-order valence-electron chi connectivity index (χ0n) is 12.1. The lowest BCUT2D eigenvalue weighted by molar-refractivity contribution is 0.416. The summed E-state index contributed by atoms with van der Waals surface area (Å²) in [6.45, 7) is 4.13. The van der Waals surface area contributed by atoms with Gasteiger partial charge in [-0.25, -0.2) is 9.97 Å². The summed E-state index contributed by atoms with van der Waals surface area (Å²) in [5.74, 6) is 2.30. The van der Waals surface area contributed by atoms with Gasteiger partial charge in [0.05, 0.1) is 12.7 Å². The Kier molecular flexibility index (Phi) is 4.60. The van der Waals surface area contributed by atoms with Gasteiger partial charge in [-0.2, -0.15) is 0 Å². The van der Waals surface area contributed by atoms with Gasteiger partial charge in [0.1, 0.15) is 11.6 Å². The molecule has 1 aromatic carbocycles. The summed E-state index contributed by atoms with van der Waals surface area (Å²) in [5.41, 5.74) is 3.02. The van der Waals surface area contributed by atoms with Gasteiger partial charge < -0.3 is 10.1 Å². The van der Waals surface area contributed by atoms with Gasteiger partial charge in [-0.1, -0.05) is 22.9 Å². The van der Waals surface area contributed by atoms with Crippen LogP contribution in [0.1, 0.15) is 18.2 Å². The van der Waals surface area contributed by atoms with E-state index in [1.54, 1.807) is 7.11 Å². The number of nitrogens with one attached hydrogen (secondary N) is 1. The molecule has 20 heavy (non-hydrogen) atoms. The third kappa shape index (κ3) is 2.77. The van der Waals surface area contributed by atoms with Gasteiger partial charge in [-0.15, -0.1) is 0 Å². The Morgan fingerprint density at radius 3 is 2.65 bits per heavy atom. The van der Waals surface area contributed by atoms with Gasteiger partial charge in [-0.3, -0.25) is 0 Å². The van der Waals surface area contributed by atoms with Crippen LogP contribution < -0.4 is 10.1 Å². The van der Waals surface area contributed by atoms with Crippen LogP contribution in [0.25, 0.3) is 11.4 Å². The van der Waals surface area contributed by atoms with Gasteiger partial charge in [0.25, 0.3) is 0 Å². The maximum absolute atomic E-state index is 5.41. The van der Waals surface area contributed by atoms with E-state index in [0.29, 0.717) is 5.82 Å². The van der Waals surface area contributed by atoms with Crippen molar-refractivity contribution in [1.29, 1.82) is 0 Å². The summed E-state index contributed by atoms with van der Waals surface area (Å²) < 4.78 is 6.38. The van der Waals surface area contributed by atoms with Crippen LogP contribution in [-0.2, 0) is 6.42 Å². The highest BCUT2D eigenvalue weighted by molar-refractivity contribution is 9.10. The molecule has 0 aliphatic carbocycles. The second kappa shape index (κ2) is 6.22. The molecule has 5 heteroatoms. The van der Waals surface area contributed by atoms with Crippen molar-refractivity contribution in [3.05, 3.63) is 33.9 Å². The first kappa shape index (κ1) is 14.8. The van der Waals surface area contributed by atoms with Gasteiger partial charge in [-0.05, 0) is 31.5 Å². The van der Waals surface area contributed by atoms with Crippen molar-refractivity contribution in [3.63, 3.8) is 0 Å². The molecule has 0 amide bonds. The molecular weight excluding hydrogens is 318 g/mol. The van der Waals surface area contributed by atoms with Crippen molar-refractivity contribution in [2.75, 3.05) is 19.5 Å². The maximum atomic E-state index is 5.41. The SMILES string of the molecule is CCc1nc(-c2cc(Br)ccc2OC)nc(NC)c1C. The maximum Gasteiger partial charge on any atom is 0.165 e. The average molecular weight is 336 g/mol. The largest absolute Gasteiger partial charge is 0.496 e. The van der Waals surface area contributed by atoms with E-state index in [2.05, 4.69) is 38.1 Å². The summed E-state index contributed by atoms with van der Waals surface area (Å²) in [6.07, 6.45) is 0.867. The number of benzene rings is 1. The van der Waals surface area contributed by atoms with Gasteiger partial charge in [0.2, 0.25) is 0 Å². The summed E-state index contributed by atoms with van der Waals surface area (Å²) in [6, 6.07) is 5.83. The quantitative estimate of drug-likeness (QED) is 0.922. The normalized spacial score (nSPS) is 10.4. The molecule has 0 aliphatic heterocycles. The van der Waals surface area contributed by atoms with E-state index in [1.807, 2.05) is 32.2 Å². The Balaban J connectivity index is 2.66. The predicted molar refractivity (Wildman–Crippen MR) is 85.4 cm³/mol. The molecule has 106 valence electrons. The smallest absolute Gasteiger partial charge is 0.165 e. The summed E-state index contributed by atoms with van der Waals surface area (Å²) in [4.78, 5) is 9.26. The minimum absolute atomic E-state index is 0.676. The number of halogens is 1. The standard InChI is InChI=1S/C15H18BrN3O/c1-5-12-9(2)14(17-3)19-15(18-12)11-8-10(16)6-7-13(11)20-4/h6-8H,5H2,1-4H3,(H,17,18,19). The van der Waals surface area contributed by atoms with E-state index < -0.39 is 0 Å². The number of aromatic nitrogens is 2. The molecule has 4 nitrogen and oxygen atoms in total. The molecule has 0 radical (unpaired) electrons. The molecule has 1 aromatic heterocycles. The fourth-order valence-corrected chi connectivity index (χ4v) is 2.49. The van der Waals surface area contributed by atoms with Crippen molar-refractivity contribution in [2.45, 2.75) is 20.3 Å². The van der Waals surface area contributed by atoms with Crippen LogP contribution in [0, 0.1) is 6.92 Å².